The van der Waals surface area contributed by atoms with Gasteiger partial charge in [0.2, 0.25) is 10.0 Å². The molecule has 0 aromatic carbocycles. The fraction of sp³-hybridized carbons (Fsp3) is 0.615. The number of sulfonamides is 1. The largest absolute Gasteiger partial charge is 0.477 e. The number of hydrogen-bond acceptors (Lipinski definition) is 4. The minimum absolute atomic E-state index is 0.0445. The molecular formula is C13H22N2O5S. The highest BCUT2D eigenvalue weighted by Gasteiger charge is 2.20. The fourth-order valence-electron chi connectivity index (χ4n) is 1.90. The Kier molecular flexibility index (Phi) is 6.38. The van der Waals surface area contributed by atoms with Crippen molar-refractivity contribution < 1.29 is 23.4 Å². The highest BCUT2D eigenvalue weighted by atomic mass is 32.2. The van der Waals surface area contributed by atoms with Crippen LogP contribution in [0.2, 0.25) is 0 Å². The molecular weight excluding hydrogens is 296 g/mol. The molecule has 0 bridgehead atoms. The van der Waals surface area contributed by atoms with Crippen molar-refractivity contribution >= 4 is 16.0 Å². The molecule has 0 fully saturated rings. The Morgan fingerprint density at radius 2 is 2.14 bits per heavy atom. The van der Waals surface area contributed by atoms with E-state index in [1.54, 1.807) is 6.92 Å². The van der Waals surface area contributed by atoms with Crippen molar-refractivity contribution in [3.05, 3.63) is 18.0 Å². The molecule has 8 heteroatoms. The van der Waals surface area contributed by atoms with Crippen LogP contribution in [0.15, 0.2) is 17.2 Å². The van der Waals surface area contributed by atoms with Crippen molar-refractivity contribution in [3.63, 3.8) is 0 Å². The Hall–Kier alpha value is -1.38. The topological polar surface area (TPSA) is 109 Å². The number of hydrogen-bond donors (Lipinski definition) is 3. The Balaban J connectivity index is 2.72. The van der Waals surface area contributed by atoms with Crippen molar-refractivity contribution in [3.8, 4) is 0 Å². The van der Waals surface area contributed by atoms with Crippen LogP contribution in [-0.4, -0.2) is 42.3 Å². The smallest absolute Gasteiger partial charge is 0.352 e. The molecule has 120 valence electrons. The van der Waals surface area contributed by atoms with Crippen LogP contribution >= 0.6 is 0 Å². The van der Waals surface area contributed by atoms with Crippen LogP contribution in [0.4, 0.5) is 0 Å². The van der Waals surface area contributed by atoms with Gasteiger partial charge >= 0.3 is 5.97 Å². The molecule has 0 aliphatic heterocycles. The number of aromatic carboxylic acids is 1. The van der Waals surface area contributed by atoms with Crippen LogP contribution in [0.5, 0.6) is 0 Å². The SMILES string of the molecule is CCn1cc(S(=O)(=O)NCCCC(C)CO)cc1C(=O)O. The summed E-state index contributed by atoms with van der Waals surface area (Å²) in [6.45, 7) is 4.34. The minimum atomic E-state index is -3.71. The summed E-state index contributed by atoms with van der Waals surface area (Å²) in [5.74, 6) is -1.02. The van der Waals surface area contributed by atoms with Gasteiger partial charge in [0.05, 0.1) is 0 Å². The summed E-state index contributed by atoms with van der Waals surface area (Å²) in [6.07, 6.45) is 2.65. The van der Waals surface area contributed by atoms with Gasteiger partial charge in [0.25, 0.3) is 0 Å². The molecule has 1 atom stereocenters. The van der Waals surface area contributed by atoms with Gasteiger partial charge in [0.15, 0.2) is 0 Å². The Labute approximate surface area is 124 Å². The van der Waals surface area contributed by atoms with Gasteiger partial charge in [-0.05, 0) is 31.7 Å². The van der Waals surface area contributed by atoms with E-state index in [2.05, 4.69) is 4.72 Å². The van der Waals surface area contributed by atoms with Crippen molar-refractivity contribution in [1.29, 1.82) is 0 Å². The zero-order valence-electron chi connectivity index (χ0n) is 12.2. The lowest BCUT2D eigenvalue weighted by Gasteiger charge is -2.08. The second-order valence-electron chi connectivity index (χ2n) is 4.98. The van der Waals surface area contributed by atoms with Gasteiger partial charge in [-0.3, -0.25) is 0 Å². The molecule has 21 heavy (non-hydrogen) atoms. The van der Waals surface area contributed by atoms with Gasteiger partial charge in [-0.15, -0.1) is 0 Å². The number of carboxylic acids is 1. The van der Waals surface area contributed by atoms with Gasteiger partial charge in [-0.25, -0.2) is 17.9 Å². The molecule has 1 aromatic heterocycles. The van der Waals surface area contributed by atoms with Crippen LogP contribution in [-0.2, 0) is 16.6 Å². The first kappa shape index (κ1) is 17.7. The number of carbonyl (C=O) groups is 1. The first-order chi connectivity index (χ1) is 9.81. The highest BCUT2D eigenvalue weighted by molar-refractivity contribution is 7.89. The van der Waals surface area contributed by atoms with Crippen LogP contribution in [0.3, 0.4) is 0 Å². The quantitative estimate of drug-likeness (QED) is 0.586. The number of aromatic nitrogens is 1. The first-order valence-electron chi connectivity index (χ1n) is 6.85. The lowest BCUT2D eigenvalue weighted by atomic mass is 10.1. The van der Waals surface area contributed by atoms with E-state index in [1.807, 2.05) is 6.92 Å². The highest BCUT2D eigenvalue weighted by Crippen LogP contribution is 2.15. The molecule has 1 heterocycles. The number of rotatable bonds is 9. The molecule has 0 amide bonds. The van der Waals surface area contributed by atoms with E-state index in [0.29, 0.717) is 13.0 Å². The van der Waals surface area contributed by atoms with Crippen LogP contribution in [0.25, 0.3) is 0 Å². The fourth-order valence-corrected chi connectivity index (χ4v) is 3.02. The third-order valence-corrected chi connectivity index (χ3v) is 4.65. The van der Waals surface area contributed by atoms with Gasteiger partial charge < -0.3 is 14.8 Å². The monoisotopic (exact) mass is 318 g/mol. The number of aryl methyl sites for hydroxylation is 1. The number of carboxylic acid groups (broad SMARTS) is 1. The van der Waals surface area contributed by atoms with E-state index in [0.717, 1.165) is 12.5 Å². The standard InChI is InChI=1S/C13H22N2O5S/c1-3-15-8-11(7-12(15)13(17)18)21(19,20)14-6-4-5-10(2)9-16/h7-8,10,14,16H,3-6,9H2,1-2H3,(H,17,18). The van der Waals surface area contributed by atoms with Gasteiger partial charge in [0.1, 0.15) is 10.6 Å². The van der Waals surface area contributed by atoms with Gasteiger partial charge in [-0.2, -0.15) is 0 Å². The predicted molar refractivity (Wildman–Crippen MR) is 77.7 cm³/mol. The molecule has 3 N–H and O–H groups in total. The Morgan fingerprint density at radius 3 is 2.62 bits per heavy atom. The van der Waals surface area contributed by atoms with Crippen LogP contribution in [0.1, 0.15) is 37.2 Å². The summed E-state index contributed by atoms with van der Waals surface area (Å²) in [5.41, 5.74) is -0.0493. The van der Waals surface area contributed by atoms with E-state index in [9.17, 15) is 13.2 Å². The second-order valence-corrected chi connectivity index (χ2v) is 6.75. The van der Waals surface area contributed by atoms with E-state index in [-0.39, 0.29) is 29.7 Å². The molecule has 0 aliphatic rings. The number of aliphatic hydroxyl groups excluding tert-OH is 1. The third-order valence-electron chi connectivity index (χ3n) is 3.22. The maximum atomic E-state index is 12.1. The average Bonchev–Trinajstić information content (AvgIpc) is 2.88. The van der Waals surface area contributed by atoms with Crippen molar-refractivity contribution in [2.75, 3.05) is 13.2 Å². The molecule has 1 unspecified atom stereocenters. The van der Waals surface area contributed by atoms with Gasteiger partial charge in [-0.1, -0.05) is 6.92 Å². The lowest BCUT2D eigenvalue weighted by molar-refractivity contribution is 0.0685. The number of nitrogens with zero attached hydrogens (tertiary/aromatic N) is 1. The zero-order chi connectivity index (χ0) is 16.0. The Morgan fingerprint density at radius 1 is 1.48 bits per heavy atom. The maximum Gasteiger partial charge on any atom is 0.352 e. The normalized spacial score (nSPS) is 13.3. The third kappa shape index (κ3) is 4.83. The van der Waals surface area contributed by atoms with Crippen molar-refractivity contribution in [2.24, 2.45) is 5.92 Å². The zero-order valence-corrected chi connectivity index (χ0v) is 13.1. The number of aliphatic hydroxyl groups is 1. The summed E-state index contributed by atoms with van der Waals surface area (Å²) in [6, 6.07) is 1.16. The number of nitrogens with one attached hydrogen (secondary N) is 1. The first-order valence-corrected chi connectivity index (χ1v) is 8.34. The molecule has 1 aromatic rings. The molecule has 0 radical (unpaired) electrons. The molecule has 0 saturated heterocycles. The van der Waals surface area contributed by atoms with Crippen molar-refractivity contribution in [1.82, 2.24) is 9.29 Å². The maximum absolute atomic E-state index is 12.1. The predicted octanol–water partition coefficient (Wildman–Crippen LogP) is 0.893. The van der Waals surface area contributed by atoms with E-state index >= 15 is 0 Å². The van der Waals surface area contributed by atoms with E-state index in [1.165, 1.54) is 10.8 Å². The molecule has 0 aliphatic carbocycles. The van der Waals surface area contributed by atoms with E-state index in [4.69, 9.17) is 10.2 Å². The summed E-state index contributed by atoms with van der Waals surface area (Å²) < 4.78 is 28.0. The molecule has 0 spiro atoms. The summed E-state index contributed by atoms with van der Waals surface area (Å²) in [4.78, 5) is 11.0. The summed E-state index contributed by atoms with van der Waals surface area (Å²) in [7, 11) is -3.71. The molecule has 1 rings (SSSR count). The minimum Gasteiger partial charge on any atom is -0.477 e. The average molecular weight is 318 g/mol. The second kappa shape index (κ2) is 7.58. The van der Waals surface area contributed by atoms with Crippen LogP contribution < -0.4 is 4.72 Å². The molecule has 0 saturated carbocycles. The molecule has 7 nitrogen and oxygen atoms in total. The van der Waals surface area contributed by atoms with Crippen LogP contribution in [0, 0.1) is 5.92 Å². The Bertz CT molecular complexity index is 579. The van der Waals surface area contributed by atoms with Crippen molar-refractivity contribution in [2.45, 2.75) is 38.1 Å². The lowest BCUT2D eigenvalue weighted by Crippen LogP contribution is -2.25. The summed E-state index contributed by atoms with van der Waals surface area (Å²) in [5, 5.41) is 17.9. The van der Waals surface area contributed by atoms with Gasteiger partial charge in [0, 0.05) is 25.9 Å². The van der Waals surface area contributed by atoms with E-state index < -0.39 is 16.0 Å². The summed E-state index contributed by atoms with van der Waals surface area (Å²) >= 11 is 0.